The predicted molar refractivity (Wildman–Crippen MR) is 73.4 cm³/mol. The van der Waals surface area contributed by atoms with Crippen LogP contribution < -0.4 is 16.4 Å². The molecule has 19 heavy (non-hydrogen) atoms. The van der Waals surface area contributed by atoms with Crippen molar-refractivity contribution in [2.24, 2.45) is 5.73 Å². The van der Waals surface area contributed by atoms with Gasteiger partial charge in [0.2, 0.25) is 5.91 Å². The fourth-order valence-corrected chi connectivity index (χ4v) is 2.98. The summed E-state index contributed by atoms with van der Waals surface area (Å²) >= 11 is 0. The first kappa shape index (κ1) is 12.6. The molecule has 2 aliphatic heterocycles. The van der Waals surface area contributed by atoms with Crippen molar-refractivity contribution in [2.45, 2.75) is 19.1 Å². The summed E-state index contributed by atoms with van der Waals surface area (Å²) in [5, 5.41) is 6.62. The molecule has 0 spiro atoms. The molecule has 2 aliphatic rings. The zero-order valence-corrected chi connectivity index (χ0v) is 11.0. The molecule has 0 radical (unpaired) electrons. The van der Waals surface area contributed by atoms with Gasteiger partial charge < -0.3 is 16.4 Å². The van der Waals surface area contributed by atoms with Gasteiger partial charge in [-0.1, -0.05) is 18.2 Å². The van der Waals surface area contributed by atoms with Crippen molar-refractivity contribution in [3.05, 3.63) is 34.9 Å². The number of hydrogen-bond donors (Lipinski definition) is 3. The Morgan fingerprint density at radius 1 is 1.16 bits per heavy atom. The van der Waals surface area contributed by atoms with Crippen molar-refractivity contribution in [2.75, 3.05) is 26.2 Å². The highest BCUT2D eigenvalue weighted by molar-refractivity contribution is 5.81. The van der Waals surface area contributed by atoms with Crippen molar-refractivity contribution < 1.29 is 4.79 Å². The molecule has 0 aliphatic carbocycles. The number of primary amides is 1. The van der Waals surface area contributed by atoms with E-state index in [1.54, 1.807) is 0 Å². The number of piperazine rings is 1. The average molecular weight is 260 g/mol. The quantitative estimate of drug-likeness (QED) is 0.699. The van der Waals surface area contributed by atoms with Crippen molar-refractivity contribution >= 4 is 5.91 Å². The number of benzene rings is 1. The lowest BCUT2D eigenvalue weighted by Gasteiger charge is -2.33. The van der Waals surface area contributed by atoms with Gasteiger partial charge in [0.1, 0.15) is 6.04 Å². The molecular weight excluding hydrogens is 240 g/mol. The number of nitrogens with zero attached hydrogens (tertiary/aromatic N) is 1. The Morgan fingerprint density at radius 3 is 2.63 bits per heavy atom. The molecule has 0 aromatic heterocycles. The van der Waals surface area contributed by atoms with Crippen molar-refractivity contribution in [3.8, 4) is 0 Å². The molecule has 3 rings (SSSR count). The molecule has 1 saturated heterocycles. The SMILES string of the molecule is NC(=O)C(c1ccc2c(c1)CNC2)N1CCNCC1. The minimum absolute atomic E-state index is 0.257. The second kappa shape index (κ2) is 5.28. The molecule has 1 aromatic carbocycles. The summed E-state index contributed by atoms with van der Waals surface area (Å²) in [7, 11) is 0. The van der Waals surface area contributed by atoms with Gasteiger partial charge >= 0.3 is 0 Å². The molecular formula is C14H20N4O. The normalized spacial score (nSPS) is 21.1. The molecule has 1 unspecified atom stereocenters. The Bertz CT molecular complexity index is 482. The zero-order valence-electron chi connectivity index (χ0n) is 11.0. The Balaban J connectivity index is 1.89. The van der Waals surface area contributed by atoms with E-state index in [-0.39, 0.29) is 11.9 Å². The van der Waals surface area contributed by atoms with Gasteiger partial charge in [0.05, 0.1) is 0 Å². The first-order valence-electron chi connectivity index (χ1n) is 6.82. The number of fused-ring (bicyclic) bond motifs is 1. The predicted octanol–water partition coefficient (Wildman–Crippen LogP) is -0.279. The number of carbonyl (C=O) groups is 1. The summed E-state index contributed by atoms with van der Waals surface area (Å²) in [6.45, 7) is 5.36. The van der Waals surface area contributed by atoms with Crippen LogP contribution in [0.15, 0.2) is 18.2 Å². The van der Waals surface area contributed by atoms with E-state index >= 15 is 0 Å². The summed E-state index contributed by atoms with van der Waals surface area (Å²) in [5.74, 6) is -0.257. The van der Waals surface area contributed by atoms with Crippen molar-refractivity contribution in [3.63, 3.8) is 0 Å². The highest BCUT2D eigenvalue weighted by Crippen LogP contribution is 2.25. The third-order valence-electron chi connectivity index (χ3n) is 3.96. The minimum Gasteiger partial charge on any atom is -0.368 e. The molecule has 5 heteroatoms. The van der Waals surface area contributed by atoms with Crippen molar-refractivity contribution in [1.82, 2.24) is 15.5 Å². The second-order valence-corrected chi connectivity index (χ2v) is 5.22. The van der Waals surface area contributed by atoms with E-state index in [9.17, 15) is 4.79 Å². The molecule has 1 amide bonds. The van der Waals surface area contributed by atoms with E-state index in [1.165, 1.54) is 11.1 Å². The molecule has 2 heterocycles. The molecule has 1 fully saturated rings. The summed E-state index contributed by atoms with van der Waals surface area (Å²) in [4.78, 5) is 14.0. The number of nitrogens with one attached hydrogen (secondary N) is 2. The number of carbonyl (C=O) groups excluding carboxylic acids is 1. The Kier molecular flexibility index (Phi) is 3.50. The van der Waals surface area contributed by atoms with Gasteiger partial charge in [0, 0.05) is 39.3 Å². The van der Waals surface area contributed by atoms with E-state index in [0.29, 0.717) is 0 Å². The minimum atomic E-state index is -0.298. The van der Waals surface area contributed by atoms with Gasteiger partial charge in [-0.25, -0.2) is 0 Å². The molecule has 1 aromatic rings. The fourth-order valence-electron chi connectivity index (χ4n) is 2.98. The lowest BCUT2D eigenvalue weighted by atomic mass is 9.99. The number of rotatable bonds is 3. The number of nitrogens with two attached hydrogens (primary N) is 1. The van der Waals surface area contributed by atoms with Crippen molar-refractivity contribution in [1.29, 1.82) is 0 Å². The van der Waals surface area contributed by atoms with Crippen LogP contribution in [0.3, 0.4) is 0 Å². The summed E-state index contributed by atoms with van der Waals surface area (Å²) in [5.41, 5.74) is 9.27. The van der Waals surface area contributed by atoms with Gasteiger partial charge in [-0.15, -0.1) is 0 Å². The summed E-state index contributed by atoms with van der Waals surface area (Å²) < 4.78 is 0. The molecule has 1 atom stereocenters. The fraction of sp³-hybridized carbons (Fsp3) is 0.500. The summed E-state index contributed by atoms with van der Waals surface area (Å²) in [6.07, 6.45) is 0. The maximum atomic E-state index is 11.8. The molecule has 4 N–H and O–H groups in total. The molecule has 102 valence electrons. The topological polar surface area (TPSA) is 70.4 Å². The van der Waals surface area contributed by atoms with Gasteiger partial charge in [-0.3, -0.25) is 9.69 Å². The molecule has 5 nitrogen and oxygen atoms in total. The smallest absolute Gasteiger partial charge is 0.239 e. The standard InChI is InChI=1S/C14H20N4O/c15-14(19)13(18-5-3-16-4-6-18)10-1-2-11-8-17-9-12(11)7-10/h1-2,7,13,16-17H,3-6,8-9H2,(H2,15,19). The first-order chi connectivity index (χ1) is 9.25. The maximum absolute atomic E-state index is 11.8. The van der Waals surface area contributed by atoms with Crippen LogP contribution >= 0.6 is 0 Å². The first-order valence-corrected chi connectivity index (χ1v) is 6.82. The van der Waals surface area contributed by atoms with Crippen LogP contribution in [0.2, 0.25) is 0 Å². The number of hydrogen-bond acceptors (Lipinski definition) is 4. The van der Waals surface area contributed by atoms with E-state index in [1.807, 2.05) is 6.07 Å². The van der Waals surface area contributed by atoms with Gasteiger partial charge in [0.25, 0.3) is 0 Å². The average Bonchev–Trinajstić information content (AvgIpc) is 2.87. The van der Waals surface area contributed by atoms with Gasteiger partial charge in [-0.2, -0.15) is 0 Å². The van der Waals surface area contributed by atoms with Crippen LogP contribution in [0.5, 0.6) is 0 Å². The van der Waals surface area contributed by atoms with Crippen LogP contribution in [-0.2, 0) is 17.9 Å². The Morgan fingerprint density at radius 2 is 1.89 bits per heavy atom. The second-order valence-electron chi connectivity index (χ2n) is 5.22. The highest BCUT2D eigenvalue weighted by Gasteiger charge is 2.27. The van der Waals surface area contributed by atoms with E-state index in [2.05, 4.69) is 27.7 Å². The van der Waals surface area contributed by atoms with Crippen LogP contribution in [0.4, 0.5) is 0 Å². The van der Waals surface area contributed by atoms with Gasteiger partial charge in [0.15, 0.2) is 0 Å². The number of amides is 1. The lowest BCUT2D eigenvalue weighted by Crippen LogP contribution is -2.48. The maximum Gasteiger partial charge on any atom is 0.239 e. The third-order valence-corrected chi connectivity index (χ3v) is 3.96. The summed E-state index contributed by atoms with van der Waals surface area (Å²) in [6, 6.07) is 5.99. The highest BCUT2D eigenvalue weighted by atomic mass is 16.1. The van der Waals surface area contributed by atoms with E-state index in [0.717, 1.165) is 44.8 Å². The van der Waals surface area contributed by atoms with Gasteiger partial charge in [-0.05, 0) is 16.7 Å². The van der Waals surface area contributed by atoms with Crippen LogP contribution in [-0.4, -0.2) is 37.0 Å². The largest absolute Gasteiger partial charge is 0.368 e. The van der Waals surface area contributed by atoms with Crippen LogP contribution in [0.1, 0.15) is 22.7 Å². The third kappa shape index (κ3) is 2.49. The zero-order chi connectivity index (χ0) is 13.2. The Hall–Kier alpha value is -1.43. The monoisotopic (exact) mass is 260 g/mol. The van der Waals surface area contributed by atoms with E-state index < -0.39 is 0 Å². The van der Waals surface area contributed by atoms with Crippen LogP contribution in [0.25, 0.3) is 0 Å². The van der Waals surface area contributed by atoms with E-state index in [4.69, 9.17) is 5.73 Å². The Labute approximate surface area is 113 Å². The lowest BCUT2D eigenvalue weighted by molar-refractivity contribution is -0.123. The van der Waals surface area contributed by atoms with Crippen LogP contribution in [0, 0.1) is 0 Å². The molecule has 0 saturated carbocycles. The molecule has 0 bridgehead atoms.